The van der Waals surface area contributed by atoms with Gasteiger partial charge in [-0.25, -0.2) is 23.4 Å². The van der Waals surface area contributed by atoms with E-state index in [0.29, 0.717) is 45.3 Å². The van der Waals surface area contributed by atoms with Crippen molar-refractivity contribution in [1.82, 2.24) is 15.0 Å². The van der Waals surface area contributed by atoms with E-state index in [2.05, 4.69) is 57.4 Å². The number of sulfone groups is 1. The molecular formula is C41H52BrClN4O11S6. The molecule has 0 radical (unpaired) electrons. The third-order valence-corrected chi connectivity index (χ3v) is 15.4. The van der Waals surface area contributed by atoms with E-state index in [0.717, 1.165) is 47.0 Å². The van der Waals surface area contributed by atoms with Gasteiger partial charge < -0.3 is 48.4 Å². The maximum atomic E-state index is 12.7. The number of rotatable bonds is 16. The summed E-state index contributed by atoms with van der Waals surface area (Å²) in [6.07, 6.45) is 7.03. The Morgan fingerprint density at radius 2 is 1.00 bits per heavy atom. The molecule has 3 aromatic carbocycles. The number of halogens is 2. The van der Waals surface area contributed by atoms with E-state index in [1.165, 1.54) is 44.7 Å². The first-order valence-electron chi connectivity index (χ1n) is 18.5. The predicted molar refractivity (Wildman–Crippen MR) is 263 cm³/mol. The highest BCUT2D eigenvalue weighted by atomic mass is 79.9. The number of aromatic nitrogens is 3. The predicted octanol–water partition coefficient (Wildman–Crippen LogP) is 10.2. The highest BCUT2D eigenvalue weighted by molar-refractivity contribution is 9.11. The van der Waals surface area contributed by atoms with Crippen LogP contribution in [0.15, 0.2) is 81.9 Å². The van der Waals surface area contributed by atoms with Gasteiger partial charge in [0.15, 0.2) is 34.5 Å². The Morgan fingerprint density at radius 3 is 1.34 bits per heavy atom. The molecule has 0 aliphatic heterocycles. The van der Waals surface area contributed by atoms with E-state index in [1.807, 2.05) is 24.5 Å². The fourth-order valence-electron chi connectivity index (χ4n) is 5.10. The van der Waals surface area contributed by atoms with Crippen LogP contribution in [0.5, 0.6) is 51.7 Å². The summed E-state index contributed by atoms with van der Waals surface area (Å²) in [6.45, 7) is 4.40. The molecule has 0 saturated heterocycles. The molecular weight excluding hydrogens is 1030 g/mol. The van der Waals surface area contributed by atoms with Crippen molar-refractivity contribution in [2.24, 2.45) is 5.73 Å². The van der Waals surface area contributed by atoms with Crippen molar-refractivity contribution in [3.8, 4) is 51.7 Å². The van der Waals surface area contributed by atoms with Gasteiger partial charge in [0.1, 0.15) is 9.22 Å². The highest BCUT2D eigenvalue weighted by Crippen LogP contribution is 2.44. The third kappa shape index (κ3) is 15.4. The van der Waals surface area contributed by atoms with Gasteiger partial charge >= 0.3 is 0 Å². The zero-order valence-corrected chi connectivity index (χ0v) is 44.4. The molecule has 23 heteroatoms. The van der Waals surface area contributed by atoms with Crippen LogP contribution in [0.1, 0.15) is 28.9 Å². The van der Waals surface area contributed by atoms with Crippen molar-refractivity contribution in [3.05, 3.63) is 73.8 Å². The Kier molecular flexibility index (Phi) is 24.8. The zero-order valence-electron chi connectivity index (χ0n) is 37.0. The zero-order chi connectivity index (χ0) is 46.7. The molecule has 3 heterocycles. The Balaban J connectivity index is 0.000000308. The Morgan fingerprint density at radius 1 is 0.594 bits per heavy atom. The summed E-state index contributed by atoms with van der Waals surface area (Å²) in [6, 6.07) is 10.2. The molecule has 0 atom stereocenters. The van der Waals surface area contributed by atoms with Crippen LogP contribution < -0.4 is 48.4 Å². The van der Waals surface area contributed by atoms with Crippen molar-refractivity contribution in [3.63, 3.8) is 0 Å². The topological polar surface area (TPSA) is 182 Å². The maximum absolute atomic E-state index is 12.7. The van der Waals surface area contributed by atoms with Crippen molar-refractivity contribution < 1.29 is 51.0 Å². The first-order valence-corrected chi connectivity index (χ1v) is 24.4. The van der Waals surface area contributed by atoms with E-state index >= 15 is 0 Å². The van der Waals surface area contributed by atoms with E-state index in [-0.39, 0.29) is 39.6 Å². The second-order valence-corrected chi connectivity index (χ2v) is 20.6. The smallest absolute Gasteiger partial charge is 0.217 e. The standard InChI is InChI=1S/C14H17NO3S2.C13H16N2O5S2.C9H12O3S.C5H6BrNS.ClH/c1-5-12-15-8-13(20-12)19-9-6-10(16-2)14(18-4)11(7-9)17-3;1-18-9-4-8(5-10(19-2)13(9)20-3)22(16,17)12-7-15-11(6-14)21-12;1-10-7-4-6(13)5-8(11-2)9(7)12-3;1-2-5-7-3-4(6)8-5;/h6-8H,5H2,1-4H3;4-5,7H,6,14H2,1-3H3;4-5,13H,1-3H3;3H,2H2,1H3;1H. The summed E-state index contributed by atoms with van der Waals surface area (Å²) < 4.78 is 74.6. The van der Waals surface area contributed by atoms with Crippen LogP contribution >= 0.6 is 86.7 Å². The fourth-order valence-corrected chi connectivity index (χ4v) is 11.1. The van der Waals surface area contributed by atoms with Gasteiger partial charge in [0, 0.05) is 28.5 Å². The summed E-state index contributed by atoms with van der Waals surface area (Å²) in [5.41, 5.74) is 5.47. The molecule has 352 valence electrons. The lowest BCUT2D eigenvalue weighted by Crippen LogP contribution is -2.03. The minimum Gasteiger partial charge on any atom is -0.493 e. The van der Waals surface area contributed by atoms with Crippen LogP contribution in [-0.2, 0) is 29.2 Å². The highest BCUT2D eigenvalue weighted by Gasteiger charge is 2.25. The summed E-state index contributed by atoms with van der Waals surface area (Å²) in [7, 11) is 10.1. The van der Waals surface area contributed by atoms with Crippen molar-refractivity contribution in [1.29, 1.82) is 0 Å². The van der Waals surface area contributed by atoms with Crippen molar-refractivity contribution >= 4 is 96.6 Å². The summed E-state index contributed by atoms with van der Waals surface area (Å²) in [5, 5.41) is 2.88. The van der Waals surface area contributed by atoms with Crippen LogP contribution in [0.25, 0.3) is 0 Å². The average molecular weight is 1080 g/mol. The Hall–Kier alpha value is -3.87. The molecule has 0 bridgehead atoms. The lowest BCUT2D eigenvalue weighted by molar-refractivity contribution is 0.323. The minimum atomic E-state index is -3.73. The number of hydrogen-bond acceptors (Lipinski definition) is 20. The Bertz CT molecular complexity index is 2390. The molecule has 6 rings (SSSR count). The molecule has 0 unspecified atom stereocenters. The molecule has 0 fully saturated rings. The van der Waals surface area contributed by atoms with Crippen LogP contribution in [0.4, 0.5) is 0 Å². The average Bonchev–Trinajstić information content (AvgIpc) is 4.10. The molecule has 2 N–H and O–H groups in total. The van der Waals surface area contributed by atoms with E-state index in [4.69, 9.17) is 48.4 Å². The Labute approximate surface area is 411 Å². The number of methoxy groups -OCH3 is 9. The van der Waals surface area contributed by atoms with Crippen molar-refractivity contribution in [2.75, 3.05) is 64.0 Å². The van der Waals surface area contributed by atoms with Crippen LogP contribution in [0.3, 0.4) is 0 Å². The molecule has 15 nitrogen and oxygen atoms in total. The quantitative estimate of drug-likeness (QED) is 0.0873. The van der Waals surface area contributed by atoms with Gasteiger partial charge in [-0.1, -0.05) is 25.6 Å². The van der Waals surface area contributed by atoms with Crippen LogP contribution in [0, 0.1) is 0 Å². The normalized spacial score (nSPS) is 10.3. The molecule has 64 heavy (non-hydrogen) atoms. The van der Waals surface area contributed by atoms with Crippen LogP contribution in [-0.4, -0.2) is 87.4 Å². The van der Waals surface area contributed by atoms with Crippen molar-refractivity contribution in [2.45, 2.75) is 56.3 Å². The number of nitrogens with two attached hydrogens (primary N) is 1. The van der Waals surface area contributed by atoms with Gasteiger partial charge in [-0.3, -0.25) is 0 Å². The SMILES string of the molecule is CCc1ncc(Br)s1.CCc1ncc(Sc2cc(OC)c(OC)c(OC)c2)s1.COc1cc(S(=O)(=O)c2cnc(CN)s2)cc(OC)c1OC.COc1cc(S)cc(OC)c1OC.Cl. The molecule has 0 spiro atoms. The minimum absolute atomic E-state index is 0. The second-order valence-electron chi connectivity index (χ2n) is 11.8. The number of nitrogens with zero attached hydrogens (tertiary/aromatic N) is 3. The van der Waals surface area contributed by atoms with E-state index in [1.54, 1.807) is 89.2 Å². The lowest BCUT2D eigenvalue weighted by atomic mass is 10.3. The first-order chi connectivity index (χ1) is 30.2. The fraction of sp³-hybridized carbons (Fsp3) is 0.341. The third-order valence-electron chi connectivity index (χ3n) is 8.09. The molecule has 6 aromatic rings. The van der Waals surface area contributed by atoms with Gasteiger partial charge in [0.25, 0.3) is 0 Å². The number of benzene rings is 3. The molecule has 0 aliphatic carbocycles. The summed E-state index contributed by atoms with van der Waals surface area (Å²) in [5.74, 6) is 4.62. The van der Waals surface area contributed by atoms with E-state index in [9.17, 15) is 8.42 Å². The number of thiazole rings is 3. The van der Waals surface area contributed by atoms with Gasteiger partial charge in [-0.05, 0) is 53.0 Å². The monoisotopic (exact) mass is 1080 g/mol. The number of ether oxygens (including phenoxy) is 9. The second kappa shape index (κ2) is 28.2. The molecule has 0 saturated carbocycles. The molecule has 0 amide bonds. The first kappa shape index (κ1) is 56.3. The molecule has 3 aromatic heterocycles. The summed E-state index contributed by atoms with van der Waals surface area (Å²) in [4.78, 5) is 14.3. The maximum Gasteiger partial charge on any atom is 0.217 e. The largest absolute Gasteiger partial charge is 0.493 e. The van der Waals surface area contributed by atoms with Gasteiger partial charge in [-0.2, -0.15) is 0 Å². The van der Waals surface area contributed by atoms with Gasteiger partial charge in [0.05, 0.1) is 105 Å². The van der Waals surface area contributed by atoms with Crippen LogP contribution in [0.2, 0.25) is 0 Å². The van der Waals surface area contributed by atoms with Gasteiger partial charge in [0.2, 0.25) is 27.1 Å². The molecule has 0 aliphatic rings. The van der Waals surface area contributed by atoms with E-state index < -0.39 is 9.84 Å². The summed E-state index contributed by atoms with van der Waals surface area (Å²) >= 11 is 13.6. The number of hydrogen-bond donors (Lipinski definition) is 2. The number of aryl methyl sites for hydroxylation is 2. The lowest BCUT2D eigenvalue weighted by Gasteiger charge is -2.13. The van der Waals surface area contributed by atoms with Gasteiger partial charge in [-0.15, -0.1) is 59.0 Å². The number of thiol groups is 1.